The number of para-hydroxylation sites is 1. The minimum atomic E-state index is 0.592. The third kappa shape index (κ3) is 3.32. The van der Waals surface area contributed by atoms with Crippen molar-refractivity contribution in [2.24, 2.45) is 10.9 Å². The van der Waals surface area contributed by atoms with Gasteiger partial charge in [-0.15, -0.1) is 0 Å². The molecule has 3 heterocycles. The van der Waals surface area contributed by atoms with Gasteiger partial charge in [0.15, 0.2) is 0 Å². The highest BCUT2D eigenvalue weighted by Crippen LogP contribution is 2.34. The van der Waals surface area contributed by atoms with Gasteiger partial charge in [0.2, 0.25) is 0 Å². The van der Waals surface area contributed by atoms with E-state index in [1.165, 1.54) is 29.8 Å². The molecule has 3 aliphatic rings. The summed E-state index contributed by atoms with van der Waals surface area (Å²) in [7, 11) is 1.72. The number of aliphatic imine (C=N–C) groups is 1. The van der Waals surface area contributed by atoms with E-state index in [-0.39, 0.29) is 0 Å². The van der Waals surface area contributed by atoms with Crippen molar-refractivity contribution in [3.05, 3.63) is 71.4 Å². The van der Waals surface area contributed by atoms with Crippen LogP contribution >= 0.6 is 0 Å². The molecule has 0 unspecified atom stereocenters. The van der Waals surface area contributed by atoms with E-state index < -0.39 is 0 Å². The Hall–Kier alpha value is -2.55. The van der Waals surface area contributed by atoms with Crippen LogP contribution < -0.4 is 4.74 Å². The summed E-state index contributed by atoms with van der Waals surface area (Å²) < 4.78 is 5.48. The smallest absolute Gasteiger partial charge is 0.123 e. The summed E-state index contributed by atoms with van der Waals surface area (Å²) in [5.74, 6) is 1.51. The quantitative estimate of drug-likeness (QED) is 0.829. The van der Waals surface area contributed by atoms with Gasteiger partial charge in [0.1, 0.15) is 5.75 Å². The molecule has 3 heteroatoms. The summed E-state index contributed by atoms with van der Waals surface area (Å²) in [5, 5.41) is 0. The molecule has 3 nitrogen and oxygen atoms in total. The van der Waals surface area contributed by atoms with Crippen LogP contribution in [-0.4, -0.2) is 30.8 Å². The van der Waals surface area contributed by atoms with Crippen molar-refractivity contribution in [2.75, 3.05) is 20.2 Å². The topological polar surface area (TPSA) is 24.8 Å². The predicted octanol–water partition coefficient (Wildman–Crippen LogP) is 4.40. The van der Waals surface area contributed by atoms with Crippen molar-refractivity contribution >= 4 is 11.8 Å². The standard InChI is InChI=1S/C22H24N2O/c1-25-21-10-6-5-9-19(21)16-23-22-18-11-13-24(14-12-18)20(22)15-17-7-3-2-4-8-17/h2-10,15,18H,11-14,16H2,1H3/b20-15-,23-22+. The molecular formula is C22H24N2O. The molecule has 3 fully saturated rings. The van der Waals surface area contributed by atoms with Crippen molar-refractivity contribution in [2.45, 2.75) is 19.4 Å². The lowest BCUT2D eigenvalue weighted by Gasteiger charge is -2.43. The number of hydrogen-bond donors (Lipinski definition) is 0. The number of nitrogens with zero attached hydrogens (tertiary/aromatic N) is 2. The Morgan fingerprint density at radius 1 is 1.04 bits per heavy atom. The van der Waals surface area contributed by atoms with Crippen molar-refractivity contribution in [3.8, 4) is 5.75 Å². The summed E-state index contributed by atoms with van der Waals surface area (Å²) >= 11 is 0. The first-order valence-electron chi connectivity index (χ1n) is 9.03. The van der Waals surface area contributed by atoms with Crippen molar-refractivity contribution in [1.82, 2.24) is 4.90 Å². The maximum Gasteiger partial charge on any atom is 0.123 e. The van der Waals surface area contributed by atoms with E-state index in [4.69, 9.17) is 9.73 Å². The van der Waals surface area contributed by atoms with E-state index >= 15 is 0 Å². The van der Waals surface area contributed by atoms with Crippen LogP contribution in [0.2, 0.25) is 0 Å². The molecule has 2 bridgehead atoms. The van der Waals surface area contributed by atoms with Crippen LogP contribution in [0.1, 0.15) is 24.0 Å². The van der Waals surface area contributed by atoms with E-state index in [0.29, 0.717) is 12.5 Å². The van der Waals surface area contributed by atoms with Gasteiger partial charge in [-0.1, -0.05) is 48.5 Å². The molecule has 0 radical (unpaired) electrons. The zero-order valence-electron chi connectivity index (χ0n) is 14.7. The number of allylic oxidation sites excluding steroid dienone is 1. The van der Waals surface area contributed by atoms with Gasteiger partial charge in [-0.25, -0.2) is 0 Å². The van der Waals surface area contributed by atoms with Crippen LogP contribution in [0.5, 0.6) is 5.75 Å². The van der Waals surface area contributed by atoms with Gasteiger partial charge < -0.3 is 9.64 Å². The number of piperidine rings is 3. The van der Waals surface area contributed by atoms with Crippen LogP contribution in [0.15, 0.2) is 65.3 Å². The first-order valence-corrected chi connectivity index (χ1v) is 9.03. The summed E-state index contributed by atoms with van der Waals surface area (Å²) in [6.07, 6.45) is 4.74. The maximum absolute atomic E-state index is 5.48. The van der Waals surface area contributed by atoms with Crippen LogP contribution in [0, 0.1) is 5.92 Å². The zero-order chi connectivity index (χ0) is 17.1. The highest BCUT2D eigenvalue weighted by Gasteiger charge is 2.34. The van der Waals surface area contributed by atoms with Crippen LogP contribution in [0.4, 0.5) is 0 Å². The van der Waals surface area contributed by atoms with E-state index in [1.54, 1.807) is 7.11 Å². The molecular weight excluding hydrogens is 308 g/mol. The number of fused-ring (bicyclic) bond motifs is 3. The lowest BCUT2D eigenvalue weighted by atomic mass is 9.83. The Balaban J connectivity index is 1.66. The summed E-state index contributed by atoms with van der Waals surface area (Å²) in [6.45, 7) is 2.98. The van der Waals surface area contributed by atoms with Crippen LogP contribution in [0.25, 0.3) is 6.08 Å². The summed E-state index contributed by atoms with van der Waals surface area (Å²) in [5.41, 5.74) is 4.97. The molecule has 5 rings (SSSR count). The second kappa shape index (κ2) is 7.14. The highest BCUT2D eigenvalue weighted by atomic mass is 16.5. The average molecular weight is 332 g/mol. The Morgan fingerprint density at radius 3 is 2.52 bits per heavy atom. The first-order chi connectivity index (χ1) is 12.3. The molecule has 0 aliphatic carbocycles. The molecule has 2 aromatic rings. The summed E-state index contributed by atoms with van der Waals surface area (Å²) in [4.78, 5) is 7.54. The van der Waals surface area contributed by atoms with Crippen molar-refractivity contribution in [1.29, 1.82) is 0 Å². The normalized spacial score (nSPS) is 20.4. The second-order valence-electron chi connectivity index (χ2n) is 6.71. The molecule has 2 aromatic carbocycles. The third-order valence-corrected chi connectivity index (χ3v) is 5.20. The molecule has 0 atom stereocenters. The van der Waals surface area contributed by atoms with Crippen LogP contribution in [0.3, 0.4) is 0 Å². The fourth-order valence-corrected chi connectivity index (χ4v) is 3.85. The predicted molar refractivity (Wildman–Crippen MR) is 103 cm³/mol. The summed E-state index contributed by atoms with van der Waals surface area (Å²) in [6, 6.07) is 18.7. The average Bonchev–Trinajstić information content (AvgIpc) is 2.69. The largest absolute Gasteiger partial charge is 0.496 e. The molecule has 128 valence electrons. The number of ether oxygens (including phenoxy) is 1. The fraction of sp³-hybridized carbons (Fsp3) is 0.318. The lowest BCUT2D eigenvalue weighted by Crippen LogP contribution is -2.46. The number of methoxy groups -OCH3 is 1. The minimum absolute atomic E-state index is 0.592. The number of rotatable bonds is 4. The van der Waals surface area contributed by atoms with Gasteiger partial charge in [-0.2, -0.15) is 0 Å². The van der Waals surface area contributed by atoms with Gasteiger partial charge in [0.25, 0.3) is 0 Å². The van der Waals surface area contributed by atoms with Gasteiger partial charge in [-0.3, -0.25) is 4.99 Å². The molecule has 3 aliphatic heterocycles. The molecule has 25 heavy (non-hydrogen) atoms. The zero-order valence-corrected chi connectivity index (χ0v) is 14.7. The second-order valence-corrected chi connectivity index (χ2v) is 6.71. The fourth-order valence-electron chi connectivity index (χ4n) is 3.85. The molecule has 0 amide bonds. The monoisotopic (exact) mass is 332 g/mol. The molecule has 0 saturated carbocycles. The van der Waals surface area contributed by atoms with E-state index in [1.807, 2.05) is 12.1 Å². The Morgan fingerprint density at radius 2 is 1.76 bits per heavy atom. The molecule has 3 saturated heterocycles. The minimum Gasteiger partial charge on any atom is -0.496 e. The van der Waals surface area contributed by atoms with Crippen molar-refractivity contribution < 1.29 is 4.74 Å². The van der Waals surface area contributed by atoms with E-state index in [9.17, 15) is 0 Å². The maximum atomic E-state index is 5.48. The number of benzene rings is 2. The van der Waals surface area contributed by atoms with Gasteiger partial charge in [-0.05, 0) is 30.5 Å². The van der Waals surface area contributed by atoms with E-state index in [2.05, 4.69) is 53.4 Å². The Kier molecular flexibility index (Phi) is 4.55. The SMILES string of the molecule is COc1ccccc1C/N=C1/C(=C/c2ccccc2)N2CCC1CC2. The van der Waals surface area contributed by atoms with Gasteiger partial charge >= 0.3 is 0 Å². The highest BCUT2D eigenvalue weighted by molar-refractivity contribution is 6.06. The first kappa shape index (κ1) is 15.9. The number of hydrogen-bond acceptors (Lipinski definition) is 3. The van der Waals surface area contributed by atoms with Gasteiger partial charge in [0, 0.05) is 24.6 Å². The lowest BCUT2D eigenvalue weighted by molar-refractivity contribution is 0.242. The third-order valence-electron chi connectivity index (χ3n) is 5.20. The van der Waals surface area contributed by atoms with E-state index in [0.717, 1.165) is 24.4 Å². The van der Waals surface area contributed by atoms with Gasteiger partial charge in [0.05, 0.1) is 25.1 Å². The van der Waals surface area contributed by atoms with Crippen molar-refractivity contribution in [3.63, 3.8) is 0 Å². The Bertz CT molecular complexity index is 787. The molecule has 0 spiro atoms. The Labute approximate surface area is 149 Å². The molecule has 0 aromatic heterocycles. The molecule has 0 N–H and O–H groups in total. The van der Waals surface area contributed by atoms with Crippen LogP contribution in [-0.2, 0) is 6.54 Å².